The number of nitrogens with one attached hydrogen (secondary N) is 1. The molecule has 1 aromatic carbocycles. The third-order valence-electron chi connectivity index (χ3n) is 2.17. The van der Waals surface area contributed by atoms with Gasteiger partial charge in [0, 0.05) is 5.02 Å². The predicted octanol–water partition coefficient (Wildman–Crippen LogP) is 1.89. The van der Waals surface area contributed by atoms with Crippen molar-refractivity contribution in [3.05, 3.63) is 28.8 Å². The number of carbonyl (C=O) groups excluding carboxylic acids is 1. The van der Waals surface area contributed by atoms with Gasteiger partial charge in [0.25, 0.3) is 0 Å². The van der Waals surface area contributed by atoms with Gasteiger partial charge in [-0.05, 0) is 32.0 Å². The van der Waals surface area contributed by atoms with Crippen LogP contribution >= 0.6 is 11.6 Å². The Morgan fingerprint density at radius 1 is 1.56 bits per heavy atom. The van der Waals surface area contributed by atoms with Crippen LogP contribution in [0.1, 0.15) is 19.4 Å². The number of hydrogen-bond donors (Lipinski definition) is 2. The number of carbonyl (C=O) groups is 1. The minimum atomic E-state index is -0.934. The molecule has 5 heteroatoms. The summed E-state index contributed by atoms with van der Waals surface area (Å²) in [5, 5.41) is 12.3. The molecule has 0 fully saturated rings. The second kappa shape index (κ2) is 4.42. The zero-order chi connectivity index (χ0) is 12.3. The normalized spacial score (nSPS) is 10.6. The van der Waals surface area contributed by atoms with Gasteiger partial charge in [0.05, 0.1) is 11.3 Å². The van der Waals surface area contributed by atoms with Crippen LogP contribution < -0.4 is 11.1 Å². The van der Waals surface area contributed by atoms with Crippen LogP contribution in [0.4, 0.5) is 5.69 Å². The van der Waals surface area contributed by atoms with E-state index in [2.05, 4.69) is 5.32 Å². The first-order valence-corrected chi connectivity index (χ1v) is 5.02. The molecule has 84 valence electrons. The van der Waals surface area contributed by atoms with E-state index in [1.165, 1.54) is 0 Å². The molecule has 1 amide bonds. The lowest BCUT2D eigenvalue weighted by Crippen LogP contribution is -2.45. The molecule has 0 aliphatic carbocycles. The van der Waals surface area contributed by atoms with Gasteiger partial charge in [-0.1, -0.05) is 11.6 Å². The predicted molar refractivity (Wildman–Crippen MR) is 63.1 cm³/mol. The summed E-state index contributed by atoms with van der Waals surface area (Å²) in [5.41, 5.74) is 5.21. The minimum Gasteiger partial charge on any atom is -0.371 e. The third-order valence-corrected chi connectivity index (χ3v) is 2.40. The maximum atomic E-state index is 11.2. The highest BCUT2D eigenvalue weighted by molar-refractivity contribution is 6.30. The van der Waals surface area contributed by atoms with Crippen molar-refractivity contribution in [3.63, 3.8) is 0 Å². The highest BCUT2D eigenvalue weighted by Gasteiger charge is 2.25. The van der Waals surface area contributed by atoms with E-state index in [0.717, 1.165) is 0 Å². The molecule has 0 atom stereocenters. The smallest absolute Gasteiger partial charge is 0.242 e. The first-order chi connectivity index (χ1) is 7.36. The summed E-state index contributed by atoms with van der Waals surface area (Å²) in [7, 11) is 0. The van der Waals surface area contributed by atoms with Crippen molar-refractivity contribution in [3.8, 4) is 6.07 Å². The topological polar surface area (TPSA) is 78.9 Å². The van der Waals surface area contributed by atoms with Gasteiger partial charge in [-0.15, -0.1) is 0 Å². The van der Waals surface area contributed by atoms with E-state index in [0.29, 0.717) is 16.3 Å². The lowest BCUT2D eigenvalue weighted by atomic mass is 10.0. The largest absolute Gasteiger partial charge is 0.371 e. The van der Waals surface area contributed by atoms with E-state index in [9.17, 15) is 4.79 Å². The van der Waals surface area contributed by atoms with E-state index in [4.69, 9.17) is 22.6 Å². The Morgan fingerprint density at radius 2 is 2.19 bits per heavy atom. The molecule has 4 nitrogen and oxygen atoms in total. The summed E-state index contributed by atoms with van der Waals surface area (Å²) in [6.45, 7) is 3.27. The molecular formula is C11H12ClN3O. The quantitative estimate of drug-likeness (QED) is 0.843. The van der Waals surface area contributed by atoms with Crippen LogP contribution in [0.5, 0.6) is 0 Å². The Hall–Kier alpha value is -1.73. The summed E-state index contributed by atoms with van der Waals surface area (Å²) in [6, 6.07) is 6.80. The highest BCUT2D eigenvalue weighted by Crippen LogP contribution is 2.23. The summed E-state index contributed by atoms with van der Waals surface area (Å²) in [5.74, 6) is -0.503. The number of halogens is 1. The van der Waals surface area contributed by atoms with Crippen molar-refractivity contribution in [2.45, 2.75) is 19.4 Å². The van der Waals surface area contributed by atoms with Crippen LogP contribution in [0, 0.1) is 11.3 Å². The van der Waals surface area contributed by atoms with Crippen LogP contribution in [0.3, 0.4) is 0 Å². The van der Waals surface area contributed by atoms with Crippen molar-refractivity contribution in [2.24, 2.45) is 5.73 Å². The van der Waals surface area contributed by atoms with Gasteiger partial charge < -0.3 is 11.1 Å². The number of benzene rings is 1. The zero-order valence-corrected chi connectivity index (χ0v) is 9.80. The molecule has 1 rings (SSSR count). The van der Waals surface area contributed by atoms with Gasteiger partial charge in [0.1, 0.15) is 11.6 Å². The van der Waals surface area contributed by atoms with Crippen LogP contribution in [-0.4, -0.2) is 11.4 Å². The first-order valence-electron chi connectivity index (χ1n) is 4.64. The van der Waals surface area contributed by atoms with Crippen molar-refractivity contribution >= 4 is 23.2 Å². The molecule has 16 heavy (non-hydrogen) atoms. The second-order valence-corrected chi connectivity index (χ2v) is 4.35. The van der Waals surface area contributed by atoms with Gasteiger partial charge in [0.2, 0.25) is 5.91 Å². The summed E-state index contributed by atoms with van der Waals surface area (Å²) in [6.07, 6.45) is 0. The molecule has 3 N–H and O–H groups in total. The van der Waals surface area contributed by atoms with Crippen LogP contribution in [0.15, 0.2) is 18.2 Å². The van der Waals surface area contributed by atoms with E-state index < -0.39 is 11.4 Å². The standard InChI is InChI=1S/C11H12ClN3O/c1-11(2,10(14)16)15-9-5-8(12)4-3-7(9)6-13/h3-5,15H,1-2H3,(H2,14,16). The molecule has 0 radical (unpaired) electrons. The average Bonchev–Trinajstić information content (AvgIpc) is 2.17. The van der Waals surface area contributed by atoms with Crippen LogP contribution in [0.25, 0.3) is 0 Å². The van der Waals surface area contributed by atoms with Crippen molar-refractivity contribution < 1.29 is 4.79 Å². The fraction of sp³-hybridized carbons (Fsp3) is 0.273. The Bertz CT molecular complexity index is 463. The average molecular weight is 238 g/mol. The number of primary amides is 1. The Morgan fingerprint density at radius 3 is 2.69 bits per heavy atom. The van der Waals surface area contributed by atoms with Crippen molar-refractivity contribution in [1.29, 1.82) is 5.26 Å². The van der Waals surface area contributed by atoms with Crippen LogP contribution in [0.2, 0.25) is 5.02 Å². The summed E-state index contributed by atoms with van der Waals surface area (Å²) in [4.78, 5) is 11.2. The van der Waals surface area contributed by atoms with E-state index in [1.54, 1.807) is 32.0 Å². The molecule has 0 aromatic heterocycles. The van der Waals surface area contributed by atoms with Gasteiger partial charge in [0.15, 0.2) is 0 Å². The summed E-state index contributed by atoms with van der Waals surface area (Å²) < 4.78 is 0. The number of nitriles is 1. The van der Waals surface area contributed by atoms with Gasteiger partial charge in [-0.25, -0.2) is 0 Å². The van der Waals surface area contributed by atoms with Crippen molar-refractivity contribution in [1.82, 2.24) is 0 Å². The lowest BCUT2D eigenvalue weighted by molar-refractivity contribution is -0.121. The van der Waals surface area contributed by atoms with Crippen molar-refractivity contribution in [2.75, 3.05) is 5.32 Å². The first kappa shape index (κ1) is 12.3. The number of rotatable bonds is 3. The third kappa shape index (κ3) is 2.65. The molecule has 0 unspecified atom stereocenters. The van der Waals surface area contributed by atoms with Crippen LogP contribution in [-0.2, 0) is 4.79 Å². The fourth-order valence-electron chi connectivity index (χ4n) is 1.12. The molecular weight excluding hydrogens is 226 g/mol. The maximum Gasteiger partial charge on any atom is 0.242 e. The summed E-state index contributed by atoms with van der Waals surface area (Å²) >= 11 is 5.82. The maximum absolute atomic E-state index is 11.2. The number of anilines is 1. The molecule has 0 saturated carbocycles. The molecule has 1 aromatic rings. The molecule has 0 bridgehead atoms. The minimum absolute atomic E-state index is 0.415. The number of nitrogens with two attached hydrogens (primary N) is 1. The van der Waals surface area contributed by atoms with Gasteiger partial charge >= 0.3 is 0 Å². The number of nitrogens with zero attached hydrogens (tertiary/aromatic N) is 1. The van der Waals surface area contributed by atoms with Gasteiger partial charge in [-0.2, -0.15) is 5.26 Å². The molecule has 0 aliphatic heterocycles. The molecule has 0 heterocycles. The van der Waals surface area contributed by atoms with Gasteiger partial charge in [-0.3, -0.25) is 4.79 Å². The zero-order valence-electron chi connectivity index (χ0n) is 9.04. The molecule has 0 saturated heterocycles. The molecule has 0 spiro atoms. The Labute approximate surface area is 99.0 Å². The fourth-order valence-corrected chi connectivity index (χ4v) is 1.29. The molecule has 0 aliphatic rings. The second-order valence-electron chi connectivity index (χ2n) is 3.92. The van der Waals surface area contributed by atoms with E-state index in [1.807, 2.05) is 6.07 Å². The Balaban J connectivity index is 3.10. The highest BCUT2D eigenvalue weighted by atomic mass is 35.5. The van der Waals surface area contributed by atoms with E-state index >= 15 is 0 Å². The SMILES string of the molecule is CC(C)(Nc1cc(Cl)ccc1C#N)C(N)=O. The Kier molecular flexibility index (Phi) is 3.41. The number of amides is 1. The van der Waals surface area contributed by atoms with E-state index in [-0.39, 0.29) is 0 Å². The monoisotopic (exact) mass is 237 g/mol. The number of hydrogen-bond acceptors (Lipinski definition) is 3. The lowest BCUT2D eigenvalue weighted by Gasteiger charge is -2.24.